The Morgan fingerprint density at radius 2 is 1.02 bits per heavy atom. The van der Waals surface area contributed by atoms with E-state index < -0.39 is 65.0 Å². The summed E-state index contributed by atoms with van der Waals surface area (Å²) in [5.74, 6) is 0.986. The Morgan fingerprint density at radius 3 is 1.52 bits per heavy atom. The third kappa shape index (κ3) is 20.9. The van der Waals surface area contributed by atoms with Gasteiger partial charge >= 0.3 is 36.6 Å². The third-order valence-electron chi connectivity index (χ3n) is 13.9. The molecule has 23 heteroatoms. The number of fused-ring (bicyclic) bond motifs is 3. The van der Waals surface area contributed by atoms with Crippen LogP contribution in [0.1, 0.15) is 149 Å². The number of nitrogens with one attached hydrogen (secondary N) is 3. The molecule has 3 aliphatic rings. The van der Waals surface area contributed by atoms with Gasteiger partial charge in [0.2, 0.25) is 12.5 Å². The molecule has 3 aromatic carbocycles. The number of carbonyl (C=O) groups is 6. The fourth-order valence-electron chi connectivity index (χ4n) is 10.2. The van der Waals surface area contributed by atoms with Gasteiger partial charge < -0.3 is 82.8 Å². The molecular weight excluding hydrogens is 1110 g/mol. The molecule has 1 fully saturated rings. The van der Waals surface area contributed by atoms with Crippen molar-refractivity contribution in [2.45, 2.75) is 156 Å². The van der Waals surface area contributed by atoms with Crippen molar-refractivity contribution in [3.8, 4) is 28.7 Å². The van der Waals surface area contributed by atoms with Gasteiger partial charge in [0.05, 0.1) is 33.5 Å². The molecule has 6 amide bonds. The van der Waals surface area contributed by atoms with E-state index >= 15 is 0 Å². The molecule has 0 bridgehead atoms. The minimum Gasteiger partial charge on any atom is -0.493 e. The average molecular weight is 1210 g/mol. The second-order valence-corrected chi connectivity index (χ2v) is 25.5. The lowest BCUT2D eigenvalue weighted by atomic mass is 9.65. The predicted octanol–water partition coefficient (Wildman–Crippen LogP) is 11.1. The van der Waals surface area contributed by atoms with E-state index in [2.05, 4.69) is 16.0 Å². The quantitative estimate of drug-likeness (QED) is 0.0326. The molecule has 0 unspecified atom stereocenters. The van der Waals surface area contributed by atoms with Crippen LogP contribution in [-0.2, 0) is 35.0 Å². The van der Waals surface area contributed by atoms with Crippen molar-refractivity contribution in [1.82, 2.24) is 30.7 Å². The SMILES string of the molecule is COc1cc([C@@H]2c3cc4c(cc3[C@@H](NC(=O)NCCCN(CCCN(CCCCN(CCCNC(=O)OC(C)(C)C)C(=O)OC(C)(C)C)C(=O)OC(C)(C)C)C(=O)OC(C)(C)C)[C@H]3COC[C@H]23)OCO4)cc(OC)c1OC(=O)OCc1ccccc1. The second-order valence-electron chi connectivity index (χ2n) is 25.5. The Bertz CT molecular complexity index is 2740. The number of urea groups is 1. The summed E-state index contributed by atoms with van der Waals surface area (Å²) in [5.41, 5.74) is 0.334. The number of benzene rings is 3. The van der Waals surface area contributed by atoms with Crippen LogP contribution in [0.25, 0.3) is 0 Å². The number of rotatable bonds is 24. The van der Waals surface area contributed by atoms with Crippen LogP contribution in [0.3, 0.4) is 0 Å². The van der Waals surface area contributed by atoms with E-state index in [1.54, 1.807) is 97.8 Å². The first-order valence-electron chi connectivity index (χ1n) is 29.6. The molecule has 0 spiro atoms. The van der Waals surface area contributed by atoms with Crippen LogP contribution >= 0.6 is 0 Å². The Kier molecular flexibility index (Phi) is 23.7. The zero-order valence-electron chi connectivity index (χ0n) is 52.8. The zero-order chi connectivity index (χ0) is 63.0. The number of amides is 6. The topological polar surface area (TPSA) is 250 Å². The molecule has 2 heterocycles. The third-order valence-corrected chi connectivity index (χ3v) is 13.9. The standard InChI is InChI=1S/C63H92N6O17/c1-60(2,3)83-55(71)65-26-21-30-67(56(72)84-61(4,5)6)27-18-19-28-68(57(73)85-62(7,8)9)31-22-32-69(58(74)86-63(10,11)12)29-20-25-64-54(70)66-52-44-36-48-47(80-40-81-48)35-43(44)51(45-38-78-39-46(45)52)42-33-49(76-13)53(50(34-42)77-14)82-59(75)79-37-41-23-16-15-17-24-41/h15-17,23-24,33-36,45-46,51-52H,18-22,25-32,37-40H2,1-14H3,(H,65,71)(H2,64,66,70)/t45-,46-,51+,52+/m0/s1. The van der Waals surface area contributed by atoms with Gasteiger partial charge in [-0.3, -0.25) is 0 Å². The van der Waals surface area contributed by atoms with Gasteiger partial charge in [-0.25, -0.2) is 28.8 Å². The fourth-order valence-corrected chi connectivity index (χ4v) is 10.2. The Morgan fingerprint density at radius 1 is 0.558 bits per heavy atom. The van der Waals surface area contributed by atoms with Crippen LogP contribution in [0, 0.1) is 11.8 Å². The highest BCUT2D eigenvalue weighted by atomic mass is 16.7. The van der Waals surface area contributed by atoms with Crippen LogP contribution in [0.4, 0.5) is 28.8 Å². The Balaban J connectivity index is 1.09. The largest absolute Gasteiger partial charge is 0.514 e. The minimum absolute atomic E-state index is 0.00815. The number of hydrogen-bond acceptors (Lipinski definition) is 17. The summed E-state index contributed by atoms with van der Waals surface area (Å²) in [6.45, 7) is 24.5. The molecule has 1 saturated heterocycles. The monoisotopic (exact) mass is 1200 g/mol. The summed E-state index contributed by atoms with van der Waals surface area (Å²) >= 11 is 0. The molecular formula is C63H92N6O17. The molecule has 1 aliphatic carbocycles. The van der Waals surface area contributed by atoms with E-state index in [0.29, 0.717) is 83.0 Å². The molecule has 6 rings (SSSR count). The van der Waals surface area contributed by atoms with Crippen molar-refractivity contribution in [1.29, 1.82) is 0 Å². The van der Waals surface area contributed by atoms with Gasteiger partial charge in [-0.2, -0.15) is 0 Å². The number of ether oxygens (including phenoxy) is 11. The summed E-state index contributed by atoms with van der Waals surface area (Å²) in [6, 6.07) is 15.8. The maximum atomic E-state index is 14.0. The number of hydrogen-bond donors (Lipinski definition) is 3. The molecule has 4 atom stereocenters. The van der Waals surface area contributed by atoms with Crippen LogP contribution in [-0.4, -0.2) is 160 Å². The number of nitrogens with zero attached hydrogens (tertiary/aromatic N) is 3. The summed E-state index contributed by atoms with van der Waals surface area (Å²) < 4.78 is 63.4. The van der Waals surface area contributed by atoms with Crippen LogP contribution < -0.4 is 39.6 Å². The van der Waals surface area contributed by atoms with Crippen molar-refractivity contribution in [2.24, 2.45) is 11.8 Å². The van der Waals surface area contributed by atoms with Gasteiger partial charge in [-0.1, -0.05) is 30.3 Å². The first kappa shape index (κ1) is 67.6. The number of methoxy groups -OCH3 is 2. The lowest BCUT2D eigenvalue weighted by Gasteiger charge is -2.41. The maximum Gasteiger partial charge on any atom is 0.514 e. The second kappa shape index (κ2) is 30.2. The first-order chi connectivity index (χ1) is 40.5. The first-order valence-corrected chi connectivity index (χ1v) is 29.6. The van der Waals surface area contributed by atoms with Gasteiger partial charge in [0.1, 0.15) is 29.0 Å². The minimum atomic E-state index is -0.932. The van der Waals surface area contributed by atoms with Crippen LogP contribution in [0.5, 0.6) is 28.7 Å². The van der Waals surface area contributed by atoms with Crippen LogP contribution in [0.15, 0.2) is 54.6 Å². The maximum absolute atomic E-state index is 14.0. The molecule has 23 nitrogen and oxygen atoms in total. The van der Waals surface area contributed by atoms with E-state index in [9.17, 15) is 28.8 Å². The van der Waals surface area contributed by atoms with Crippen molar-refractivity contribution in [2.75, 3.05) is 86.6 Å². The van der Waals surface area contributed by atoms with E-state index in [4.69, 9.17) is 52.1 Å². The van der Waals surface area contributed by atoms with E-state index in [1.165, 1.54) is 14.2 Å². The molecule has 3 aromatic rings. The number of unbranched alkanes of at least 4 members (excludes halogenated alkanes) is 1. The van der Waals surface area contributed by atoms with Gasteiger partial charge in [0.15, 0.2) is 23.0 Å². The number of carbonyl (C=O) groups excluding carboxylic acids is 6. The molecule has 86 heavy (non-hydrogen) atoms. The van der Waals surface area contributed by atoms with Gasteiger partial charge in [0.25, 0.3) is 0 Å². The molecule has 3 N–H and O–H groups in total. The lowest BCUT2D eigenvalue weighted by Crippen LogP contribution is -2.46. The van der Waals surface area contributed by atoms with E-state index in [-0.39, 0.29) is 74.6 Å². The number of alkyl carbamates (subject to hydrolysis) is 1. The van der Waals surface area contributed by atoms with Gasteiger partial charge in [-0.15, -0.1) is 0 Å². The van der Waals surface area contributed by atoms with Crippen molar-refractivity contribution in [3.63, 3.8) is 0 Å². The highest BCUT2D eigenvalue weighted by molar-refractivity contribution is 5.75. The smallest absolute Gasteiger partial charge is 0.493 e. The highest BCUT2D eigenvalue weighted by Crippen LogP contribution is 2.55. The lowest BCUT2D eigenvalue weighted by molar-refractivity contribution is 0.0181. The normalized spacial score (nSPS) is 17.0. The molecule has 0 aromatic heterocycles. The Labute approximate surface area is 506 Å². The van der Waals surface area contributed by atoms with Gasteiger partial charge in [0, 0.05) is 70.1 Å². The van der Waals surface area contributed by atoms with Gasteiger partial charge in [-0.05, 0) is 162 Å². The molecule has 2 aliphatic heterocycles. The summed E-state index contributed by atoms with van der Waals surface area (Å²) in [4.78, 5) is 84.7. The fraction of sp³-hybridized carbons (Fsp3) is 0.619. The molecule has 0 saturated carbocycles. The Hall–Kier alpha value is -7.56. The van der Waals surface area contributed by atoms with Crippen molar-refractivity contribution in [3.05, 3.63) is 76.9 Å². The molecule has 476 valence electrons. The summed E-state index contributed by atoms with van der Waals surface area (Å²) in [5, 5.41) is 8.98. The van der Waals surface area contributed by atoms with E-state index in [0.717, 1.165) is 22.3 Å². The van der Waals surface area contributed by atoms with E-state index in [1.807, 2.05) is 54.6 Å². The van der Waals surface area contributed by atoms with Crippen molar-refractivity contribution < 1.29 is 80.9 Å². The van der Waals surface area contributed by atoms with Crippen LogP contribution in [0.2, 0.25) is 0 Å². The summed E-state index contributed by atoms with van der Waals surface area (Å²) in [6.07, 6.45) is -0.722. The summed E-state index contributed by atoms with van der Waals surface area (Å²) in [7, 11) is 2.95. The predicted molar refractivity (Wildman–Crippen MR) is 319 cm³/mol. The van der Waals surface area contributed by atoms with Crippen molar-refractivity contribution >= 4 is 36.6 Å². The average Bonchev–Trinajstić information content (AvgIpc) is 1.36. The molecule has 0 radical (unpaired) electrons. The zero-order valence-corrected chi connectivity index (χ0v) is 52.8. The highest BCUT2D eigenvalue weighted by Gasteiger charge is 2.48.